The molecule has 1 heterocycles. The quantitative estimate of drug-likeness (QED) is 0.692. The Hall–Kier alpha value is -2.56. The summed E-state index contributed by atoms with van der Waals surface area (Å²) in [6, 6.07) is 8.68. The van der Waals surface area contributed by atoms with Gasteiger partial charge in [-0.15, -0.1) is 0 Å². The van der Waals surface area contributed by atoms with E-state index in [2.05, 4.69) is 17.6 Å². The lowest BCUT2D eigenvalue weighted by Crippen LogP contribution is -2.32. The number of amides is 2. The molecule has 1 unspecified atom stereocenters. The largest absolute Gasteiger partial charge is 0.459 e. The van der Waals surface area contributed by atoms with Crippen molar-refractivity contribution in [3.63, 3.8) is 0 Å². The van der Waals surface area contributed by atoms with E-state index >= 15 is 0 Å². The number of hydrogen-bond acceptors (Lipinski definition) is 3. The fourth-order valence-electron chi connectivity index (χ4n) is 2.57. The van der Waals surface area contributed by atoms with Crippen LogP contribution in [0.25, 0.3) is 0 Å². The first-order chi connectivity index (χ1) is 12.0. The standard InChI is InChI=1S/C20H26N2O3/c1-4-5-6-8-15(3)21-19(23)16-11-10-14(2)17(13-16)22-20(24)18-9-7-12-25-18/h7,9-13,15H,4-6,8H2,1-3H3,(H,21,23)(H,22,24). The van der Waals surface area contributed by atoms with Crippen molar-refractivity contribution in [2.75, 3.05) is 5.32 Å². The molecule has 2 N–H and O–H groups in total. The van der Waals surface area contributed by atoms with Crippen LogP contribution in [0.2, 0.25) is 0 Å². The van der Waals surface area contributed by atoms with Crippen LogP contribution >= 0.6 is 0 Å². The van der Waals surface area contributed by atoms with Crippen LogP contribution in [0.1, 0.15) is 66.0 Å². The molecular formula is C20H26N2O3. The monoisotopic (exact) mass is 342 g/mol. The predicted molar refractivity (Wildman–Crippen MR) is 98.9 cm³/mol. The Morgan fingerprint density at radius 3 is 2.64 bits per heavy atom. The molecule has 0 aliphatic heterocycles. The maximum atomic E-state index is 12.4. The highest BCUT2D eigenvalue weighted by Crippen LogP contribution is 2.18. The molecule has 5 heteroatoms. The molecule has 1 aromatic carbocycles. The molecule has 0 saturated carbocycles. The van der Waals surface area contributed by atoms with Crippen molar-refractivity contribution < 1.29 is 14.0 Å². The van der Waals surface area contributed by atoms with E-state index in [-0.39, 0.29) is 23.6 Å². The summed E-state index contributed by atoms with van der Waals surface area (Å²) in [5.41, 5.74) is 2.02. The van der Waals surface area contributed by atoms with Crippen molar-refractivity contribution in [1.29, 1.82) is 0 Å². The van der Waals surface area contributed by atoms with Gasteiger partial charge in [0.15, 0.2) is 5.76 Å². The number of furan rings is 1. The smallest absolute Gasteiger partial charge is 0.291 e. The number of rotatable bonds is 8. The molecule has 2 amide bonds. The number of carbonyl (C=O) groups is 2. The predicted octanol–water partition coefficient (Wildman–Crippen LogP) is 4.54. The second kappa shape index (κ2) is 9.06. The first-order valence-electron chi connectivity index (χ1n) is 8.77. The lowest BCUT2D eigenvalue weighted by atomic mass is 10.1. The summed E-state index contributed by atoms with van der Waals surface area (Å²) in [7, 11) is 0. The van der Waals surface area contributed by atoms with Gasteiger partial charge in [-0.2, -0.15) is 0 Å². The molecule has 0 saturated heterocycles. The van der Waals surface area contributed by atoms with Gasteiger partial charge >= 0.3 is 0 Å². The van der Waals surface area contributed by atoms with Crippen LogP contribution in [0.5, 0.6) is 0 Å². The molecule has 0 spiro atoms. The third kappa shape index (κ3) is 5.48. The topological polar surface area (TPSA) is 71.3 Å². The highest BCUT2D eigenvalue weighted by Gasteiger charge is 2.14. The normalized spacial score (nSPS) is 11.8. The summed E-state index contributed by atoms with van der Waals surface area (Å²) in [5.74, 6) is -0.227. The second-order valence-electron chi connectivity index (χ2n) is 6.33. The summed E-state index contributed by atoms with van der Waals surface area (Å²) >= 11 is 0. The van der Waals surface area contributed by atoms with Crippen molar-refractivity contribution >= 4 is 17.5 Å². The van der Waals surface area contributed by atoms with Gasteiger partial charge in [0.05, 0.1) is 6.26 Å². The average Bonchev–Trinajstić information content (AvgIpc) is 3.11. The van der Waals surface area contributed by atoms with Crippen LogP contribution in [-0.4, -0.2) is 17.9 Å². The Morgan fingerprint density at radius 1 is 1.16 bits per heavy atom. The van der Waals surface area contributed by atoms with Crippen molar-refractivity contribution in [1.82, 2.24) is 5.32 Å². The van der Waals surface area contributed by atoms with Crippen molar-refractivity contribution in [2.24, 2.45) is 0 Å². The van der Waals surface area contributed by atoms with Crippen LogP contribution < -0.4 is 10.6 Å². The SMILES string of the molecule is CCCCCC(C)NC(=O)c1ccc(C)c(NC(=O)c2ccco2)c1. The van der Waals surface area contributed by atoms with E-state index in [0.717, 1.165) is 24.8 Å². The molecule has 25 heavy (non-hydrogen) atoms. The van der Waals surface area contributed by atoms with Gasteiger partial charge in [0.1, 0.15) is 0 Å². The van der Waals surface area contributed by atoms with Gasteiger partial charge in [-0.25, -0.2) is 0 Å². The third-order valence-electron chi connectivity index (χ3n) is 4.11. The van der Waals surface area contributed by atoms with Gasteiger partial charge in [0.25, 0.3) is 11.8 Å². The van der Waals surface area contributed by atoms with Crippen LogP contribution in [-0.2, 0) is 0 Å². The summed E-state index contributed by atoms with van der Waals surface area (Å²) in [6.45, 7) is 6.06. The lowest BCUT2D eigenvalue weighted by Gasteiger charge is -2.15. The molecule has 0 radical (unpaired) electrons. The van der Waals surface area contributed by atoms with Crippen molar-refractivity contribution in [3.05, 3.63) is 53.5 Å². The van der Waals surface area contributed by atoms with Crippen LogP contribution in [0, 0.1) is 6.92 Å². The van der Waals surface area contributed by atoms with Gasteiger partial charge in [0, 0.05) is 17.3 Å². The average molecular weight is 342 g/mol. The summed E-state index contributed by atoms with van der Waals surface area (Å²) in [5, 5.41) is 5.80. The molecule has 2 aromatic rings. The highest BCUT2D eigenvalue weighted by atomic mass is 16.3. The van der Waals surface area contributed by atoms with Crippen molar-refractivity contribution in [2.45, 2.75) is 52.5 Å². The minimum absolute atomic E-state index is 0.126. The molecule has 0 bridgehead atoms. The number of aryl methyl sites for hydroxylation is 1. The maximum Gasteiger partial charge on any atom is 0.291 e. The molecular weight excluding hydrogens is 316 g/mol. The first-order valence-corrected chi connectivity index (χ1v) is 8.77. The van der Waals surface area contributed by atoms with Gasteiger partial charge < -0.3 is 15.1 Å². The van der Waals surface area contributed by atoms with Crippen LogP contribution in [0.4, 0.5) is 5.69 Å². The number of nitrogens with one attached hydrogen (secondary N) is 2. The van der Waals surface area contributed by atoms with Crippen molar-refractivity contribution in [3.8, 4) is 0 Å². The lowest BCUT2D eigenvalue weighted by molar-refractivity contribution is 0.0936. The first kappa shape index (κ1) is 18.8. The van der Waals surface area contributed by atoms with E-state index < -0.39 is 0 Å². The Balaban J connectivity index is 2.02. The zero-order chi connectivity index (χ0) is 18.2. The third-order valence-corrected chi connectivity index (χ3v) is 4.11. The Bertz CT molecular complexity index is 708. The van der Waals surface area contributed by atoms with Gasteiger partial charge in [0.2, 0.25) is 0 Å². The number of benzene rings is 1. The van der Waals surface area contributed by atoms with Crippen LogP contribution in [0.3, 0.4) is 0 Å². The van der Waals surface area contributed by atoms with Gasteiger partial charge in [-0.05, 0) is 50.1 Å². The number of carbonyl (C=O) groups excluding carboxylic acids is 2. The molecule has 1 atom stereocenters. The van der Waals surface area contributed by atoms with Crippen LogP contribution in [0.15, 0.2) is 41.0 Å². The fraction of sp³-hybridized carbons (Fsp3) is 0.400. The van der Waals surface area contributed by atoms with E-state index in [1.807, 2.05) is 19.9 Å². The minimum Gasteiger partial charge on any atom is -0.459 e. The number of anilines is 1. The van der Waals surface area contributed by atoms with E-state index in [1.54, 1.807) is 24.3 Å². The second-order valence-corrected chi connectivity index (χ2v) is 6.33. The highest BCUT2D eigenvalue weighted by molar-refractivity contribution is 6.03. The van der Waals surface area contributed by atoms with E-state index in [4.69, 9.17) is 4.42 Å². The molecule has 0 aliphatic rings. The Kier molecular flexibility index (Phi) is 6.81. The van der Waals surface area contributed by atoms with E-state index in [0.29, 0.717) is 11.3 Å². The molecule has 1 aromatic heterocycles. The van der Waals surface area contributed by atoms with Gasteiger partial charge in [-0.1, -0.05) is 32.3 Å². The van der Waals surface area contributed by atoms with Gasteiger partial charge in [-0.3, -0.25) is 9.59 Å². The van der Waals surface area contributed by atoms with E-state index in [9.17, 15) is 9.59 Å². The molecule has 0 fully saturated rings. The Morgan fingerprint density at radius 2 is 1.96 bits per heavy atom. The minimum atomic E-state index is -0.335. The zero-order valence-electron chi connectivity index (χ0n) is 15.1. The zero-order valence-corrected chi connectivity index (χ0v) is 15.1. The molecule has 0 aliphatic carbocycles. The molecule has 134 valence electrons. The molecule has 2 rings (SSSR count). The van der Waals surface area contributed by atoms with E-state index in [1.165, 1.54) is 12.7 Å². The summed E-state index contributed by atoms with van der Waals surface area (Å²) in [4.78, 5) is 24.6. The molecule has 5 nitrogen and oxygen atoms in total. The Labute approximate surface area is 148 Å². The number of hydrogen-bond donors (Lipinski definition) is 2. The maximum absolute atomic E-state index is 12.4. The number of unbranched alkanes of at least 4 members (excludes halogenated alkanes) is 2. The fourth-order valence-corrected chi connectivity index (χ4v) is 2.57. The summed E-state index contributed by atoms with van der Waals surface area (Å²) in [6.07, 6.45) is 5.86. The summed E-state index contributed by atoms with van der Waals surface area (Å²) < 4.78 is 5.09.